The van der Waals surface area contributed by atoms with Gasteiger partial charge in [0.15, 0.2) is 0 Å². The number of rotatable bonds is 2. The molecule has 1 atom stereocenters. The van der Waals surface area contributed by atoms with Gasteiger partial charge in [0.05, 0.1) is 19.1 Å². The van der Waals surface area contributed by atoms with Crippen molar-refractivity contribution in [3.05, 3.63) is 23.4 Å². The summed E-state index contributed by atoms with van der Waals surface area (Å²) in [6.45, 7) is 6.09. The minimum atomic E-state index is 0.00971. The molecule has 0 radical (unpaired) electrons. The summed E-state index contributed by atoms with van der Waals surface area (Å²) in [6.07, 6.45) is 1.89. The molecule has 1 aromatic rings. The van der Waals surface area contributed by atoms with E-state index in [-0.39, 0.29) is 11.8 Å². The minimum Gasteiger partial charge on any atom is -0.378 e. The second-order valence-corrected chi connectivity index (χ2v) is 6.17. The Balaban J connectivity index is 1.70. The maximum atomic E-state index is 12.7. The third-order valence-electron chi connectivity index (χ3n) is 4.61. The normalized spacial score (nSPS) is 21.8. The van der Waals surface area contributed by atoms with Crippen LogP contribution in [0.1, 0.15) is 24.1 Å². The number of hydrogen-bond acceptors (Lipinski definition) is 5. The molecule has 6 heteroatoms. The quantitative estimate of drug-likeness (QED) is 0.824. The Bertz CT molecular complexity index is 620. The summed E-state index contributed by atoms with van der Waals surface area (Å²) in [4.78, 5) is 21.2. The summed E-state index contributed by atoms with van der Waals surface area (Å²) < 4.78 is 5.32. The summed E-state index contributed by atoms with van der Waals surface area (Å²) in [5.41, 5.74) is 1.35. The Kier molecular flexibility index (Phi) is 4.77. The fourth-order valence-electron chi connectivity index (χ4n) is 3.24. The highest BCUT2D eigenvalue weighted by atomic mass is 16.5. The summed E-state index contributed by atoms with van der Waals surface area (Å²) in [5.74, 6) is 1.03. The average molecular weight is 314 g/mol. The highest BCUT2D eigenvalue weighted by Gasteiger charge is 2.30. The Morgan fingerprint density at radius 3 is 2.87 bits per heavy atom. The smallest absolute Gasteiger partial charge is 0.227 e. The zero-order valence-electron chi connectivity index (χ0n) is 13.5. The minimum absolute atomic E-state index is 0.00971. The number of nitrogens with zero attached hydrogens (tertiary/aromatic N) is 4. The summed E-state index contributed by atoms with van der Waals surface area (Å²) in [7, 11) is 0. The number of hydrogen-bond donors (Lipinski definition) is 0. The molecule has 0 N–H and O–H groups in total. The summed E-state index contributed by atoms with van der Waals surface area (Å²) in [6, 6.07) is 6.00. The van der Waals surface area contributed by atoms with E-state index in [1.807, 2.05) is 24.0 Å². The first kappa shape index (κ1) is 15.8. The topological polar surface area (TPSA) is 69.5 Å². The maximum absolute atomic E-state index is 12.7. The van der Waals surface area contributed by atoms with Crippen molar-refractivity contribution in [1.82, 2.24) is 9.88 Å². The molecule has 122 valence electrons. The molecule has 1 aromatic heterocycles. The van der Waals surface area contributed by atoms with Crippen molar-refractivity contribution in [2.24, 2.45) is 5.92 Å². The number of nitriles is 1. The van der Waals surface area contributed by atoms with Gasteiger partial charge in [0.2, 0.25) is 5.91 Å². The second-order valence-electron chi connectivity index (χ2n) is 6.17. The molecule has 2 aliphatic rings. The SMILES string of the molecule is Cc1ccc(N2CCCC(C(=O)N3CCOCC3)C2)nc1C#N. The molecule has 2 fully saturated rings. The van der Waals surface area contributed by atoms with Crippen LogP contribution in [0.2, 0.25) is 0 Å². The number of carbonyl (C=O) groups excluding carboxylic acids is 1. The van der Waals surface area contributed by atoms with E-state index in [2.05, 4.69) is 16.0 Å². The highest BCUT2D eigenvalue weighted by molar-refractivity contribution is 5.79. The van der Waals surface area contributed by atoms with Crippen LogP contribution >= 0.6 is 0 Å². The van der Waals surface area contributed by atoms with E-state index >= 15 is 0 Å². The zero-order valence-corrected chi connectivity index (χ0v) is 13.5. The molecule has 0 bridgehead atoms. The third kappa shape index (κ3) is 3.45. The van der Waals surface area contributed by atoms with Gasteiger partial charge in [-0.25, -0.2) is 4.98 Å². The molecule has 2 aliphatic heterocycles. The highest BCUT2D eigenvalue weighted by Crippen LogP contribution is 2.24. The van der Waals surface area contributed by atoms with E-state index in [0.29, 0.717) is 38.5 Å². The standard InChI is InChI=1S/C17H22N4O2/c1-13-4-5-16(19-15(13)11-18)21-6-2-3-14(12-21)17(22)20-7-9-23-10-8-20/h4-5,14H,2-3,6-10,12H2,1H3. The molecule has 6 nitrogen and oxygen atoms in total. The first-order valence-electron chi connectivity index (χ1n) is 8.18. The molecule has 2 saturated heterocycles. The van der Waals surface area contributed by atoms with Crippen molar-refractivity contribution in [3.63, 3.8) is 0 Å². The number of piperidine rings is 1. The van der Waals surface area contributed by atoms with Crippen molar-refractivity contribution < 1.29 is 9.53 Å². The maximum Gasteiger partial charge on any atom is 0.227 e. The largest absolute Gasteiger partial charge is 0.378 e. The predicted octanol–water partition coefficient (Wildman–Crippen LogP) is 1.34. The van der Waals surface area contributed by atoms with Crippen molar-refractivity contribution in [2.75, 3.05) is 44.3 Å². The molecule has 0 aliphatic carbocycles. The first-order chi connectivity index (χ1) is 11.2. The van der Waals surface area contributed by atoms with Crippen LogP contribution in [0.5, 0.6) is 0 Å². The average Bonchev–Trinajstić information content (AvgIpc) is 2.62. The van der Waals surface area contributed by atoms with Gasteiger partial charge < -0.3 is 14.5 Å². The zero-order chi connectivity index (χ0) is 16.2. The molecule has 0 spiro atoms. The van der Waals surface area contributed by atoms with E-state index in [0.717, 1.165) is 30.8 Å². The van der Waals surface area contributed by atoms with Crippen LogP contribution in [0.3, 0.4) is 0 Å². The molecular formula is C17H22N4O2. The Morgan fingerprint density at radius 1 is 1.35 bits per heavy atom. The summed E-state index contributed by atoms with van der Waals surface area (Å²) in [5, 5.41) is 9.15. The number of anilines is 1. The second kappa shape index (κ2) is 6.97. The molecule has 1 amide bonds. The molecule has 0 saturated carbocycles. The lowest BCUT2D eigenvalue weighted by Gasteiger charge is -2.36. The van der Waals surface area contributed by atoms with Gasteiger partial charge in [0.25, 0.3) is 0 Å². The number of morpholine rings is 1. The number of carbonyl (C=O) groups is 1. The van der Waals surface area contributed by atoms with E-state index < -0.39 is 0 Å². The van der Waals surface area contributed by atoms with Crippen LogP contribution < -0.4 is 4.90 Å². The van der Waals surface area contributed by atoms with Gasteiger partial charge in [-0.1, -0.05) is 6.07 Å². The van der Waals surface area contributed by atoms with Gasteiger partial charge in [-0.2, -0.15) is 5.26 Å². The van der Waals surface area contributed by atoms with E-state index in [4.69, 9.17) is 10.00 Å². The van der Waals surface area contributed by atoms with Crippen molar-refractivity contribution in [1.29, 1.82) is 5.26 Å². The molecule has 3 heterocycles. The number of ether oxygens (including phenoxy) is 1. The number of aromatic nitrogens is 1. The van der Waals surface area contributed by atoms with Gasteiger partial charge in [-0.3, -0.25) is 4.79 Å². The van der Waals surface area contributed by atoms with Gasteiger partial charge in [0, 0.05) is 26.2 Å². The molecule has 1 unspecified atom stereocenters. The van der Waals surface area contributed by atoms with Gasteiger partial charge in [-0.05, 0) is 31.4 Å². The van der Waals surface area contributed by atoms with Crippen molar-refractivity contribution in [3.8, 4) is 6.07 Å². The van der Waals surface area contributed by atoms with Gasteiger partial charge in [-0.15, -0.1) is 0 Å². The number of pyridine rings is 1. The molecule has 23 heavy (non-hydrogen) atoms. The first-order valence-corrected chi connectivity index (χ1v) is 8.18. The van der Waals surface area contributed by atoms with E-state index in [1.54, 1.807) is 0 Å². The lowest BCUT2D eigenvalue weighted by molar-refractivity contribution is -0.139. The van der Waals surface area contributed by atoms with Gasteiger partial charge in [0.1, 0.15) is 17.6 Å². The Morgan fingerprint density at radius 2 is 2.13 bits per heavy atom. The van der Waals surface area contributed by atoms with Crippen LogP contribution in [0.25, 0.3) is 0 Å². The molecular weight excluding hydrogens is 292 g/mol. The van der Waals surface area contributed by atoms with Crippen LogP contribution in [-0.2, 0) is 9.53 Å². The Labute approximate surface area is 136 Å². The van der Waals surface area contributed by atoms with Crippen LogP contribution in [0.15, 0.2) is 12.1 Å². The summed E-state index contributed by atoms with van der Waals surface area (Å²) >= 11 is 0. The monoisotopic (exact) mass is 314 g/mol. The van der Waals surface area contributed by atoms with Crippen LogP contribution in [0.4, 0.5) is 5.82 Å². The fourth-order valence-corrected chi connectivity index (χ4v) is 3.24. The Hall–Kier alpha value is -2.13. The van der Waals surface area contributed by atoms with Gasteiger partial charge >= 0.3 is 0 Å². The lowest BCUT2D eigenvalue weighted by Crippen LogP contribution is -2.48. The van der Waals surface area contributed by atoms with Crippen LogP contribution in [0, 0.1) is 24.2 Å². The lowest BCUT2D eigenvalue weighted by atomic mass is 9.96. The third-order valence-corrected chi connectivity index (χ3v) is 4.61. The fraction of sp³-hybridized carbons (Fsp3) is 0.588. The molecule has 0 aromatic carbocycles. The predicted molar refractivity (Wildman–Crippen MR) is 86.0 cm³/mol. The van der Waals surface area contributed by atoms with E-state index in [1.165, 1.54) is 0 Å². The van der Waals surface area contributed by atoms with Crippen molar-refractivity contribution in [2.45, 2.75) is 19.8 Å². The van der Waals surface area contributed by atoms with E-state index in [9.17, 15) is 4.79 Å². The number of aryl methyl sites for hydroxylation is 1. The molecule has 3 rings (SSSR count). The van der Waals surface area contributed by atoms with Crippen molar-refractivity contribution >= 4 is 11.7 Å². The number of amides is 1. The van der Waals surface area contributed by atoms with Crippen LogP contribution in [-0.4, -0.2) is 55.2 Å².